The number of nitrogens with zero attached hydrogens (tertiary/aromatic N) is 1. The highest BCUT2D eigenvalue weighted by molar-refractivity contribution is 6.42. The number of carbonyl (C=O) groups is 1. The number of amides is 1. The van der Waals surface area contributed by atoms with Crippen molar-refractivity contribution in [3.63, 3.8) is 0 Å². The quantitative estimate of drug-likeness (QED) is 0.925. The number of halogens is 2. The van der Waals surface area contributed by atoms with Crippen molar-refractivity contribution >= 4 is 29.1 Å². The Labute approximate surface area is 134 Å². The van der Waals surface area contributed by atoms with Crippen LogP contribution in [0.1, 0.15) is 19.4 Å². The van der Waals surface area contributed by atoms with Gasteiger partial charge in [-0.25, -0.2) is 0 Å². The first kappa shape index (κ1) is 16.6. The second kappa shape index (κ2) is 6.53. The number of benzene rings is 1. The zero-order valence-corrected chi connectivity index (χ0v) is 13.6. The van der Waals surface area contributed by atoms with E-state index in [1.165, 1.54) is 0 Å². The van der Waals surface area contributed by atoms with Crippen LogP contribution in [0, 0.1) is 0 Å². The molecule has 0 aliphatic carbocycles. The van der Waals surface area contributed by atoms with Gasteiger partial charge in [0.25, 0.3) is 0 Å². The van der Waals surface area contributed by atoms with E-state index >= 15 is 0 Å². The summed E-state index contributed by atoms with van der Waals surface area (Å²) in [6.07, 6.45) is -0.0861. The zero-order valence-electron chi connectivity index (χ0n) is 12.1. The number of carbonyl (C=O) groups excluding carboxylic acids is 1. The minimum absolute atomic E-state index is 0.0109. The van der Waals surface area contributed by atoms with Crippen LogP contribution in [0.4, 0.5) is 0 Å². The molecule has 1 heterocycles. The van der Waals surface area contributed by atoms with Crippen LogP contribution in [0.15, 0.2) is 18.2 Å². The fraction of sp³-hybridized carbons (Fsp3) is 0.533. The Bertz CT molecular complexity index is 534. The van der Waals surface area contributed by atoms with E-state index in [1.807, 2.05) is 13.8 Å². The van der Waals surface area contributed by atoms with E-state index in [2.05, 4.69) is 0 Å². The predicted octanol–water partition coefficient (Wildman–Crippen LogP) is 2.53. The van der Waals surface area contributed by atoms with E-state index in [-0.39, 0.29) is 25.0 Å². The van der Waals surface area contributed by atoms with Gasteiger partial charge in [-0.3, -0.25) is 4.79 Å². The average molecular weight is 332 g/mol. The third-order valence-corrected chi connectivity index (χ3v) is 4.12. The van der Waals surface area contributed by atoms with Gasteiger partial charge in [-0.15, -0.1) is 0 Å². The lowest BCUT2D eigenvalue weighted by Crippen LogP contribution is -2.55. The first-order valence-electron chi connectivity index (χ1n) is 6.81. The Morgan fingerprint density at radius 2 is 2.14 bits per heavy atom. The van der Waals surface area contributed by atoms with E-state index in [9.17, 15) is 9.90 Å². The molecule has 1 atom stereocenters. The molecule has 0 aromatic heterocycles. The third kappa shape index (κ3) is 4.33. The zero-order chi connectivity index (χ0) is 15.6. The number of morpholine rings is 1. The standard InChI is InChI=1S/C15H19Cl2NO3/c1-15(2)9-18(7-11(8-19)21-15)14(20)6-10-3-4-12(16)13(17)5-10/h3-5,11,19H,6-9H2,1-2H3. The Morgan fingerprint density at radius 1 is 1.43 bits per heavy atom. The molecule has 1 N–H and O–H groups in total. The molecular weight excluding hydrogens is 313 g/mol. The Morgan fingerprint density at radius 3 is 2.76 bits per heavy atom. The summed E-state index contributed by atoms with van der Waals surface area (Å²) >= 11 is 11.8. The third-order valence-electron chi connectivity index (χ3n) is 3.38. The van der Waals surface area contributed by atoms with Crippen LogP contribution in [-0.4, -0.2) is 47.3 Å². The molecule has 1 aromatic rings. The van der Waals surface area contributed by atoms with E-state index in [0.717, 1.165) is 5.56 Å². The van der Waals surface area contributed by atoms with Crippen LogP contribution in [0.2, 0.25) is 10.0 Å². The molecule has 1 aromatic carbocycles. The molecule has 116 valence electrons. The lowest BCUT2D eigenvalue weighted by molar-refractivity contribution is -0.166. The summed E-state index contributed by atoms with van der Waals surface area (Å²) in [6.45, 7) is 4.63. The van der Waals surface area contributed by atoms with Crippen LogP contribution >= 0.6 is 23.2 Å². The van der Waals surface area contributed by atoms with Gasteiger partial charge in [-0.05, 0) is 31.5 Å². The topological polar surface area (TPSA) is 49.8 Å². The second-order valence-electron chi connectivity index (χ2n) is 5.88. The number of rotatable bonds is 3. The molecule has 1 fully saturated rings. The molecule has 21 heavy (non-hydrogen) atoms. The summed E-state index contributed by atoms with van der Waals surface area (Å²) in [5, 5.41) is 10.2. The Hall–Kier alpha value is -0.810. The molecule has 1 unspecified atom stereocenters. The van der Waals surface area contributed by atoms with Crippen LogP contribution in [0.25, 0.3) is 0 Å². The first-order chi connectivity index (χ1) is 9.80. The fourth-order valence-corrected chi connectivity index (χ4v) is 2.84. The van der Waals surface area contributed by atoms with Crippen molar-refractivity contribution in [2.24, 2.45) is 0 Å². The second-order valence-corrected chi connectivity index (χ2v) is 6.70. The van der Waals surface area contributed by atoms with E-state index in [1.54, 1.807) is 23.1 Å². The van der Waals surface area contributed by atoms with Gasteiger partial charge in [0, 0.05) is 13.1 Å². The van der Waals surface area contributed by atoms with Crippen molar-refractivity contribution < 1.29 is 14.6 Å². The summed E-state index contributed by atoms with van der Waals surface area (Å²) in [6, 6.07) is 5.18. The van der Waals surface area contributed by atoms with Gasteiger partial charge >= 0.3 is 0 Å². The minimum atomic E-state index is -0.459. The summed E-state index contributed by atoms with van der Waals surface area (Å²) < 4.78 is 5.71. The summed E-state index contributed by atoms with van der Waals surface area (Å²) in [5.41, 5.74) is 0.359. The maximum absolute atomic E-state index is 12.4. The van der Waals surface area contributed by atoms with E-state index in [4.69, 9.17) is 27.9 Å². The molecule has 0 saturated carbocycles. The lowest BCUT2D eigenvalue weighted by atomic mass is 10.0. The first-order valence-corrected chi connectivity index (χ1v) is 7.57. The lowest BCUT2D eigenvalue weighted by Gasteiger charge is -2.42. The van der Waals surface area contributed by atoms with Crippen molar-refractivity contribution in [3.8, 4) is 0 Å². The van der Waals surface area contributed by atoms with Crippen LogP contribution in [0.5, 0.6) is 0 Å². The van der Waals surface area contributed by atoms with Crippen molar-refractivity contribution in [2.75, 3.05) is 19.7 Å². The highest BCUT2D eigenvalue weighted by atomic mass is 35.5. The van der Waals surface area contributed by atoms with E-state index < -0.39 is 5.60 Å². The van der Waals surface area contributed by atoms with Crippen LogP contribution in [-0.2, 0) is 16.0 Å². The van der Waals surface area contributed by atoms with Crippen molar-refractivity contribution in [2.45, 2.75) is 32.0 Å². The molecule has 1 amide bonds. The molecule has 0 radical (unpaired) electrons. The highest BCUT2D eigenvalue weighted by Gasteiger charge is 2.35. The van der Waals surface area contributed by atoms with Gasteiger partial charge in [0.15, 0.2) is 0 Å². The summed E-state index contributed by atoms with van der Waals surface area (Å²) in [4.78, 5) is 14.2. The maximum atomic E-state index is 12.4. The fourth-order valence-electron chi connectivity index (χ4n) is 2.52. The van der Waals surface area contributed by atoms with Crippen molar-refractivity contribution in [1.82, 2.24) is 4.90 Å². The maximum Gasteiger partial charge on any atom is 0.227 e. The molecule has 0 bridgehead atoms. The van der Waals surface area contributed by atoms with Crippen LogP contribution in [0.3, 0.4) is 0 Å². The molecule has 1 aliphatic heterocycles. The SMILES string of the molecule is CC1(C)CN(C(=O)Cc2ccc(Cl)c(Cl)c2)CC(CO)O1. The monoisotopic (exact) mass is 331 g/mol. The molecular formula is C15H19Cl2NO3. The molecule has 1 aliphatic rings. The number of hydrogen-bond acceptors (Lipinski definition) is 3. The number of ether oxygens (including phenoxy) is 1. The van der Waals surface area contributed by atoms with Gasteiger partial charge in [-0.1, -0.05) is 29.3 Å². The van der Waals surface area contributed by atoms with E-state index in [0.29, 0.717) is 23.1 Å². The smallest absolute Gasteiger partial charge is 0.227 e. The largest absolute Gasteiger partial charge is 0.394 e. The molecule has 0 spiro atoms. The van der Waals surface area contributed by atoms with Gasteiger partial charge < -0.3 is 14.7 Å². The van der Waals surface area contributed by atoms with Gasteiger partial charge in [-0.2, -0.15) is 0 Å². The van der Waals surface area contributed by atoms with Crippen molar-refractivity contribution in [1.29, 1.82) is 0 Å². The Kier molecular flexibility index (Phi) is 5.15. The van der Waals surface area contributed by atoms with Gasteiger partial charge in [0.1, 0.15) is 0 Å². The minimum Gasteiger partial charge on any atom is -0.394 e. The molecule has 1 saturated heterocycles. The summed E-state index contributed by atoms with van der Waals surface area (Å²) in [5.74, 6) is -0.0109. The number of aliphatic hydroxyl groups excluding tert-OH is 1. The molecule has 2 rings (SSSR count). The number of hydrogen-bond donors (Lipinski definition) is 1. The van der Waals surface area contributed by atoms with Crippen LogP contribution < -0.4 is 0 Å². The highest BCUT2D eigenvalue weighted by Crippen LogP contribution is 2.24. The predicted molar refractivity (Wildman–Crippen MR) is 82.8 cm³/mol. The average Bonchev–Trinajstić information content (AvgIpc) is 2.41. The molecule has 4 nitrogen and oxygen atoms in total. The van der Waals surface area contributed by atoms with Gasteiger partial charge in [0.05, 0.1) is 34.8 Å². The Balaban J connectivity index is 2.06. The van der Waals surface area contributed by atoms with Gasteiger partial charge in [0.2, 0.25) is 5.91 Å². The summed E-state index contributed by atoms with van der Waals surface area (Å²) in [7, 11) is 0. The normalized spacial score (nSPS) is 21.4. The van der Waals surface area contributed by atoms with Crippen molar-refractivity contribution in [3.05, 3.63) is 33.8 Å². The molecule has 6 heteroatoms. The number of aliphatic hydroxyl groups is 1.